The molecule has 0 rings (SSSR count). The molecule has 0 aromatic carbocycles. The Kier molecular flexibility index (Phi) is 4.43. The lowest BCUT2D eigenvalue weighted by molar-refractivity contribution is -0.116. The van der Waals surface area contributed by atoms with Gasteiger partial charge in [-0.05, 0) is 13.3 Å². The third-order valence-electron chi connectivity index (χ3n) is 0.855. The molecule has 0 spiro atoms. The first kappa shape index (κ1) is 7.90. The molecule has 48 valence electrons. The molecule has 2 heteroatoms. The number of ketones is 1. The average Bonchev–Trinajstić information content (AvgIpc) is 1.80. The fourth-order valence-electron chi connectivity index (χ4n) is 0.423. The van der Waals surface area contributed by atoms with Crippen molar-refractivity contribution in [2.45, 2.75) is 19.8 Å². The first-order chi connectivity index (χ1) is 4.27. The van der Waals surface area contributed by atoms with Gasteiger partial charge in [0.05, 0.1) is 6.07 Å². The molecule has 0 N–H and O–H groups in total. The molecule has 0 heterocycles. The van der Waals surface area contributed by atoms with Crippen LogP contribution in [0.4, 0.5) is 0 Å². The minimum atomic E-state index is 0.164. The van der Waals surface area contributed by atoms with E-state index in [9.17, 15) is 4.79 Å². The lowest BCUT2D eigenvalue weighted by atomic mass is 10.2. The van der Waals surface area contributed by atoms with Crippen molar-refractivity contribution in [3.8, 4) is 6.07 Å². The van der Waals surface area contributed by atoms with Crippen LogP contribution in [-0.4, -0.2) is 5.78 Å². The van der Waals surface area contributed by atoms with Crippen LogP contribution in [0.1, 0.15) is 19.8 Å². The molecule has 0 aromatic heterocycles. The zero-order chi connectivity index (χ0) is 7.11. The maximum atomic E-state index is 10.3. The van der Waals surface area contributed by atoms with Gasteiger partial charge in [0.25, 0.3) is 0 Å². The molecule has 0 radical (unpaired) electrons. The summed E-state index contributed by atoms with van der Waals surface area (Å²) in [6, 6.07) is 1.85. The molecule has 0 fully saturated rings. The molecule has 0 bridgehead atoms. The molecule has 0 aliphatic heterocycles. The number of nitriles is 1. The molecule has 9 heavy (non-hydrogen) atoms. The van der Waals surface area contributed by atoms with Gasteiger partial charge in [0.2, 0.25) is 0 Å². The van der Waals surface area contributed by atoms with Crippen LogP contribution in [0.5, 0.6) is 0 Å². The second kappa shape index (κ2) is 5.04. The van der Waals surface area contributed by atoms with Gasteiger partial charge in [-0.15, -0.1) is 0 Å². The highest BCUT2D eigenvalue weighted by molar-refractivity contribution is 5.75. The van der Waals surface area contributed by atoms with Crippen molar-refractivity contribution < 1.29 is 4.79 Å². The molecule has 0 saturated heterocycles. The Morgan fingerprint density at radius 3 is 2.89 bits per heavy atom. The summed E-state index contributed by atoms with van der Waals surface area (Å²) in [6.07, 6.45) is 4.31. The Balaban J connectivity index is 3.22. The standard InChI is InChI=1S/C7H9NO/c1-7(9)5-3-2-4-6-8/h2,4H,3,5H2,1H3/b4-2-. The summed E-state index contributed by atoms with van der Waals surface area (Å²) in [4.78, 5) is 10.3. The van der Waals surface area contributed by atoms with E-state index < -0.39 is 0 Å². The largest absolute Gasteiger partial charge is 0.300 e. The molecule has 0 aromatic rings. The minimum absolute atomic E-state index is 0.164. The maximum Gasteiger partial charge on any atom is 0.130 e. The Bertz CT molecular complexity index is 153. The number of Topliss-reactive ketones (excluding diaryl/α,β-unsaturated/α-hetero) is 1. The van der Waals surface area contributed by atoms with Crippen LogP contribution in [0.25, 0.3) is 0 Å². The van der Waals surface area contributed by atoms with Crippen molar-refractivity contribution in [1.29, 1.82) is 5.26 Å². The van der Waals surface area contributed by atoms with Crippen molar-refractivity contribution >= 4 is 5.78 Å². The van der Waals surface area contributed by atoms with Gasteiger partial charge in [0, 0.05) is 12.5 Å². The van der Waals surface area contributed by atoms with Gasteiger partial charge >= 0.3 is 0 Å². The van der Waals surface area contributed by atoms with Crippen molar-refractivity contribution in [1.82, 2.24) is 0 Å². The first-order valence-corrected chi connectivity index (χ1v) is 2.81. The number of nitrogens with zero attached hydrogens (tertiary/aromatic N) is 1. The van der Waals surface area contributed by atoms with Crippen molar-refractivity contribution in [2.75, 3.05) is 0 Å². The second-order valence-corrected chi connectivity index (χ2v) is 1.77. The van der Waals surface area contributed by atoms with Crippen LogP contribution in [0, 0.1) is 11.3 Å². The highest BCUT2D eigenvalue weighted by atomic mass is 16.1. The van der Waals surface area contributed by atoms with E-state index in [0.717, 1.165) is 0 Å². The molecule has 0 aliphatic carbocycles. The number of rotatable bonds is 3. The fraction of sp³-hybridized carbons (Fsp3) is 0.429. The van der Waals surface area contributed by atoms with E-state index >= 15 is 0 Å². The van der Waals surface area contributed by atoms with E-state index in [0.29, 0.717) is 12.8 Å². The molecular formula is C7H9NO. The molecule has 0 atom stereocenters. The highest BCUT2D eigenvalue weighted by Gasteiger charge is 1.86. The summed E-state index contributed by atoms with van der Waals surface area (Å²) < 4.78 is 0. The van der Waals surface area contributed by atoms with Crippen LogP contribution < -0.4 is 0 Å². The van der Waals surface area contributed by atoms with Crippen LogP contribution >= 0.6 is 0 Å². The normalized spacial score (nSPS) is 9.33. The van der Waals surface area contributed by atoms with Crippen molar-refractivity contribution in [3.63, 3.8) is 0 Å². The topological polar surface area (TPSA) is 40.9 Å². The predicted molar refractivity (Wildman–Crippen MR) is 34.7 cm³/mol. The number of hydrogen-bond donors (Lipinski definition) is 0. The van der Waals surface area contributed by atoms with E-state index in [-0.39, 0.29) is 5.78 Å². The third kappa shape index (κ3) is 6.90. The fourth-order valence-corrected chi connectivity index (χ4v) is 0.423. The van der Waals surface area contributed by atoms with Gasteiger partial charge in [-0.25, -0.2) is 0 Å². The monoisotopic (exact) mass is 123 g/mol. The Hall–Kier alpha value is -1.10. The van der Waals surface area contributed by atoms with Crippen LogP contribution in [0.2, 0.25) is 0 Å². The van der Waals surface area contributed by atoms with Crippen LogP contribution in [-0.2, 0) is 4.79 Å². The second-order valence-electron chi connectivity index (χ2n) is 1.77. The van der Waals surface area contributed by atoms with E-state index in [1.807, 2.05) is 6.07 Å². The lowest BCUT2D eigenvalue weighted by Gasteiger charge is -1.83. The summed E-state index contributed by atoms with van der Waals surface area (Å²) in [6.45, 7) is 1.54. The summed E-state index contributed by atoms with van der Waals surface area (Å²) in [5, 5.41) is 8.01. The first-order valence-electron chi connectivity index (χ1n) is 2.81. The quantitative estimate of drug-likeness (QED) is 0.533. The lowest BCUT2D eigenvalue weighted by Crippen LogP contribution is -1.85. The zero-order valence-electron chi connectivity index (χ0n) is 5.42. The maximum absolute atomic E-state index is 10.3. The molecule has 0 aliphatic rings. The van der Waals surface area contributed by atoms with Gasteiger partial charge in [-0.2, -0.15) is 5.26 Å². The Morgan fingerprint density at radius 1 is 1.78 bits per heavy atom. The van der Waals surface area contributed by atoms with Crippen molar-refractivity contribution in [2.24, 2.45) is 0 Å². The Labute approximate surface area is 54.8 Å². The smallest absolute Gasteiger partial charge is 0.130 e. The van der Waals surface area contributed by atoms with E-state index in [1.165, 1.54) is 6.08 Å². The molecule has 0 amide bonds. The van der Waals surface area contributed by atoms with E-state index in [1.54, 1.807) is 13.0 Å². The number of carbonyl (C=O) groups is 1. The number of hydrogen-bond acceptors (Lipinski definition) is 2. The SMILES string of the molecule is CC(=O)CC/C=C\C#N. The average molecular weight is 123 g/mol. The summed E-state index contributed by atoms with van der Waals surface area (Å²) in [5.74, 6) is 0.164. The van der Waals surface area contributed by atoms with Crippen molar-refractivity contribution in [3.05, 3.63) is 12.2 Å². The zero-order valence-corrected chi connectivity index (χ0v) is 5.42. The van der Waals surface area contributed by atoms with Gasteiger partial charge in [0.1, 0.15) is 5.78 Å². The van der Waals surface area contributed by atoms with Gasteiger partial charge in [-0.3, -0.25) is 0 Å². The number of carbonyl (C=O) groups excluding carboxylic acids is 1. The molecule has 0 unspecified atom stereocenters. The molecular weight excluding hydrogens is 114 g/mol. The predicted octanol–water partition coefficient (Wildman–Crippen LogP) is 1.44. The summed E-state index contributed by atoms with van der Waals surface area (Å²) in [5.41, 5.74) is 0. The number of allylic oxidation sites excluding steroid dienone is 2. The summed E-state index contributed by atoms with van der Waals surface area (Å²) >= 11 is 0. The van der Waals surface area contributed by atoms with Gasteiger partial charge < -0.3 is 4.79 Å². The van der Waals surface area contributed by atoms with E-state index in [2.05, 4.69) is 0 Å². The van der Waals surface area contributed by atoms with Crippen LogP contribution in [0.15, 0.2) is 12.2 Å². The van der Waals surface area contributed by atoms with E-state index in [4.69, 9.17) is 5.26 Å². The molecule has 0 saturated carbocycles. The van der Waals surface area contributed by atoms with Crippen LogP contribution in [0.3, 0.4) is 0 Å². The third-order valence-corrected chi connectivity index (χ3v) is 0.855. The van der Waals surface area contributed by atoms with Gasteiger partial charge in [0.15, 0.2) is 0 Å². The highest BCUT2D eigenvalue weighted by Crippen LogP contribution is 1.90. The summed E-state index contributed by atoms with van der Waals surface area (Å²) in [7, 11) is 0. The van der Waals surface area contributed by atoms with Gasteiger partial charge in [-0.1, -0.05) is 6.08 Å². The molecule has 2 nitrogen and oxygen atoms in total. The minimum Gasteiger partial charge on any atom is -0.300 e. The Morgan fingerprint density at radius 2 is 2.44 bits per heavy atom.